The summed E-state index contributed by atoms with van der Waals surface area (Å²) in [5.74, 6) is -0.950. The third kappa shape index (κ3) is 7.00. The van der Waals surface area contributed by atoms with Gasteiger partial charge in [0, 0.05) is 29.8 Å². The average molecular weight is 569 g/mol. The molecule has 42 heavy (non-hydrogen) atoms. The Kier molecular flexibility index (Phi) is 10.0. The van der Waals surface area contributed by atoms with Crippen LogP contribution in [0, 0.1) is 11.3 Å². The van der Waals surface area contributed by atoms with E-state index in [0.29, 0.717) is 23.6 Å². The minimum Gasteiger partial charge on any atom is -0.494 e. The highest BCUT2D eigenvalue weighted by Gasteiger charge is 2.35. The number of rotatable bonds is 12. The number of benzene rings is 2. The van der Waals surface area contributed by atoms with Crippen molar-refractivity contribution in [2.45, 2.75) is 27.2 Å². The lowest BCUT2D eigenvalue weighted by atomic mass is 9.93. The van der Waals surface area contributed by atoms with E-state index in [-0.39, 0.29) is 43.1 Å². The molecule has 10 heteroatoms. The van der Waals surface area contributed by atoms with Crippen LogP contribution in [-0.2, 0) is 23.9 Å². The Morgan fingerprint density at radius 2 is 1.81 bits per heavy atom. The maximum atomic E-state index is 13.6. The zero-order valence-electron chi connectivity index (χ0n) is 23.8. The van der Waals surface area contributed by atoms with Gasteiger partial charge in [0.05, 0.1) is 32.1 Å². The average Bonchev–Trinajstić information content (AvgIpc) is 3.42. The SMILES string of the molecule is CCCOc1cccc(-c2nn(-c3ccccc3)cc2/C=C2/C(=O)N(CCOCCOC(C)=O)C(=O)C(C#N)=C2C)c1. The van der Waals surface area contributed by atoms with Crippen molar-refractivity contribution in [2.24, 2.45) is 0 Å². The van der Waals surface area contributed by atoms with Crippen LogP contribution in [0.1, 0.15) is 32.8 Å². The van der Waals surface area contributed by atoms with Crippen molar-refractivity contribution in [3.63, 3.8) is 0 Å². The summed E-state index contributed by atoms with van der Waals surface area (Å²) < 4.78 is 17.8. The molecule has 4 rings (SSSR count). The molecule has 3 aromatic rings. The van der Waals surface area contributed by atoms with E-state index in [1.54, 1.807) is 17.7 Å². The third-order valence-corrected chi connectivity index (χ3v) is 6.46. The Hall–Kier alpha value is -5.01. The molecule has 1 aromatic heterocycles. The van der Waals surface area contributed by atoms with Gasteiger partial charge in [-0.3, -0.25) is 19.3 Å². The normalized spacial score (nSPS) is 14.3. The molecule has 10 nitrogen and oxygen atoms in total. The van der Waals surface area contributed by atoms with Crippen LogP contribution in [0.25, 0.3) is 23.0 Å². The smallest absolute Gasteiger partial charge is 0.302 e. The van der Waals surface area contributed by atoms with E-state index in [4.69, 9.17) is 19.3 Å². The number of esters is 1. The van der Waals surface area contributed by atoms with Crippen molar-refractivity contribution in [1.29, 1.82) is 5.26 Å². The van der Waals surface area contributed by atoms with Gasteiger partial charge in [0.1, 0.15) is 29.7 Å². The second-order valence-corrected chi connectivity index (χ2v) is 9.47. The Labute approximate surface area is 244 Å². The first-order valence-electron chi connectivity index (χ1n) is 13.6. The molecule has 1 aliphatic rings. The molecule has 0 unspecified atom stereocenters. The first kappa shape index (κ1) is 30.0. The molecule has 2 amide bonds. The van der Waals surface area contributed by atoms with Gasteiger partial charge >= 0.3 is 5.97 Å². The highest BCUT2D eigenvalue weighted by atomic mass is 16.6. The molecular weight excluding hydrogens is 536 g/mol. The topological polar surface area (TPSA) is 124 Å². The lowest BCUT2D eigenvalue weighted by Gasteiger charge is -2.27. The van der Waals surface area contributed by atoms with Crippen LogP contribution in [-0.4, -0.2) is 65.4 Å². The monoisotopic (exact) mass is 568 g/mol. The molecule has 0 aliphatic carbocycles. The first-order chi connectivity index (χ1) is 20.3. The molecule has 216 valence electrons. The second-order valence-electron chi connectivity index (χ2n) is 9.47. The molecular formula is C32H32N4O6. The minimum absolute atomic E-state index is 0.0194. The van der Waals surface area contributed by atoms with E-state index in [2.05, 4.69) is 0 Å². The molecule has 0 fully saturated rings. The molecule has 0 N–H and O–H groups in total. The van der Waals surface area contributed by atoms with E-state index >= 15 is 0 Å². The van der Waals surface area contributed by atoms with E-state index < -0.39 is 17.8 Å². The molecule has 0 spiro atoms. The van der Waals surface area contributed by atoms with E-state index in [0.717, 1.165) is 22.6 Å². The van der Waals surface area contributed by atoms with Gasteiger partial charge in [-0.15, -0.1) is 0 Å². The van der Waals surface area contributed by atoms with Gasteiger partial charge in [-0.2, -0.15) is 10.4 Å². The quantitative estimate of drug-likeness (QED) is 0.135. The molecule has 0 bridgehead atoms. The van der Waals surface area contributed by atoms with Crippen LogP contribution in [0.4, 0.5) is 0 Å². The zero-order chi connectivity index (χ0) is 30.1. The number of ether oxygens (including phenoxy) is 3. The van der Waals surface area contributed by atoms with E-state index in [1.165, 1.54) is 6.92 Å². The van der Waals surface area contributed by atoms with Crippen molar-refractivity contribution < 1.29 is 28.6 Å². The largest absolute Gasteiger partial charge is 0.494 e. The predicted octanol–water partition coefficient (Wildman–Crippen LogP) is 4.50. The van der Waals surface area contributed by atoms with Gasteiger partial charge in [0.2, 0.25) is 0 Å². The maximum absolute atomic E-state index is 13.6. The Bertz CT molecular complexity index is 1570. The number of hydrogen-bond donors (Lipinski definition) is 0. The summed E-state index contributed by atoms with van der Waals surface area (Å²) in [6.07, 6.45) is 4.34. The fourth-order valence-electron chi connectivity index (χ4n) is 4.37. The number of aromatic nitrogens is 2. The van der Waals surface area contributed by atoms with Gasteiger partial charge in [-0.1, -0.05) is 37.3 Å². The van der Waals surface area contributed by atoms with E-state index in [1.807, 2.05) is 73.8 Å². The van der Waals surface area contributed by atoms with Gasteiger partial charge in [-0.25, -0.2) is 4.68 Å². The lowest BCUT2D eigenvalue weighted by Crippen LogP contribution is -2.44. The lowest BCUT2D eigenvalue weighted by molar-refractivity contribution is -0.142. The molecule has 1 aliphatic heterocycles. The number of amides is 2. The number of nitrogens with zero attached hydrogens (tertiary/aromatic N) is 4. The van der Waals surface area contributed by atoms with Gasteiger partial charge in [-0.05, 0) is 49.3 Å². The summed E-state index contributed by atoms with van der Waals surface area (Å²) in [7, 11) is 0. The minimum atomic E-state index is -0.679. The molecule has 0 saturated heterocycles. The van der Waals surface area contributed by atoms with Crippen LogP contribution in [0.2, 0.25) is 0 Å². The summed E-state index contributed by atoms with van der Waals surface area (Å²) in [4.78, 5) is 38.6. The predicted molar refractivity (Wildman–Crippen MR) is 155 cm³/mol. The summed E-state index contributed by atoms with van der Waals surface area (Å²) >= 11 is 0. The molecule has 2 aromatic carbocycles. The van der Waals surface area contributed by atoms with Crippen molar-refractivity contribution in [3.05, 3.63) is 83.1 Å². The summed E-state index contributed by atoms with van der Waals surface area (Å²) in [6.45, 7) is 5.62. The zero-order valence-corrected chi connectivity index (χ0v) is 23.8. The Morgan fingerprint density at radius 1 is 1.02 bits per heavy atom. The number of hydrogen-bond acceptors (Lipinski definition) is 8. The standard InChI is InChI=1S/C32H32N4O6/c1-4-14-42-27-12-8-9-24(18-27)30-25(21-36(34-30)26-10-6-5-7-11-26)19-28-22(2)29(20-33)32(39)35(31(28)38)13-15-40-16-17-41-23(3)37/h5-12,18-19,21H,4,13-17H2,1-3H3/b28-19+. The second kappa shape index (κ2) is 14.1. The molecule has 2 heterocycles. The fourth-order valence-corrected chi connectivity index (χ4v) is 4.37. The Balaban J connectivity index is 1.72. The van der Waals surface area contributed by atoms with Crippen LogP contribution >= 0.6 is 0 Å². The van der Waals surface area contributed by atoms with Crippen LogP contribution in [0.15, 0.2) is 77.5 Å². The van der Waals surface area contributed by atoms with Gasteiger partial charge in [0.25, 0.3) is 11.8 Å². The molecule has 0 atom stereocenters. The molecule has 0 saturated carbocycles. The highest BCUT2D eigenvalue weighted by Crippen LogP contribution is 2.32. The summed E-state index contributed by atoms with van der Waals surface area (Å²) in [5.41, 5.74) is 3.21. The van der Waals surface area contributed by atoms with Gasteiger partial charge in [0.15, 0.2) is 0 Å². The van der Waals surface area contributed by atoms with Gasteiger partial charge < -0.3 is 14.2 Å². The number of nitriles is 1. The van der Waals surface area contributed by atoms with Crippen molar-refractivity contribution in [1.82, 2.24) is 14.7 Å². The maximum Gasteiger partial charge on any atom is 0.302 e. The number of carbonyl (C=O) groups excluding carboxylic acids is 3. The van der Waals surface area contributed by atoms with E-state index in [9.17, 15) is 19.6 Å². The number of carbonyl (C=O) groups is 3. The van der Waals surface area contributed by atoms with Crippen LogP contribution < -0.4 is 4.74 Å². The third-order valence-electron chi connectivity index (χ3n) is 6.46. The first-order valence-corrected chi connectivity index (χ1v) is 13.6. The Morgan fingerprint density at radius 3 is 2.52 bits per heavy atom. The van der Waals surface area contributed by atoms with Crippen LogP contribution in [0.3, 0.4) is 0 Å². The van der Waals surface area contributed by atoms with Crippen molar-refractivity contribution in [2.75, 3.05) is 33.0 Å². The van der Waals surface area contributed by atoms with Crippen molar-refractivity contribution >= 4 is 23.9 Å². The summed E-state index contributed by atoms with van der Waals surface area (Å²) in [5, 5.41) is 14.6. The fraction of sp³-hybridized carbons (Fsp3) is 0.281. The summed E-state index contributed by atoms with van der Waals surface area (Å²) in [6, 6.07) is 19.1. The van der Waals surface area contributed by atoms with Crippen LogP contribution in [0.5, 0.6) is 5.75 Å². The highest BCUT2D eigenvalue weighted by molar-refractivity contribution is 6.19. The number of imide groups is 1. The van der Waals surface area contributed by atoms with Crippen molar-refractivity contribution in [3.8, 4) is 28.8 Å². The molecule has 0 radical (unpaired) electrons. The number of para-hydroxylation sites is 1.